The van der Waals surface area contributed by atoms with E-state index in [1.165, 1.54) is 0 Å². The molecule has 1 N–H and O–H groups in total. The summed E-state index contributed by atoms with van der Waals surface area (Å²) in [5.74, 6) is 4.92. The number of benzene rings is 7. The maximum Gasteiger partial charge on any atom is 0.126 e. The third kappa shape index (κ3) is 8.08. The second-order valence-corrected chi connectivity index (χ2v) is 16.5. The SMILES string of the molecule is COc1c2cccc1Cc1cccc3c1OCc1cccc(c1SO)COc1c(cccc1Cc1cccc(c1OC)Cc1cccc(c1OC)C3)Cc1cccc(c1OC)C2. The van der Waals surface area contributed by atoms with E-state index in [2.05, 4.69) is 109 Å². The first-order valence-electron chi connectivity index (χ1n) is 21.0. The van der Waals surface area contributed by atoms with Gasteiger partial charge in [-0.25, -0.2) is 0 Å². The van der Waals surface area contributed by atoms with Crippen LogP contribution >= 0.6 is 12.0 Å². The molecule has 0 unspecified atom stereocenters. The van der Waals surface area contributed by atoms with Crippen molar-refractivity contribution >= 4 is 12.0 Å². The number of hydrogen-bond donors (Lipinski definition) is 1. The first-order valence-corrected chi connectivity index (χ1v) is 21.8. The summed E-state index contributed by atoms with van der Waals surface area (Å²) in [6, 6.07) is 44.3. The third-order valence-corrected chi connectivity index (χ3v) is 12.9. The molecular formula is C54H50O7S. The second-order valence-electron chi connectivity index (χ2n) is 15.9. The van der Waals surface area contributed by atoms with Gasteiger partial charge in [0.25, 0.3) is 0 Å². The third-order valence-electron chi connectivity index (χ3n) is 12.2. The Labute approximate surface area is 368 Å². The van der Waals surface area contributed by atoms with Gasteiger partial charge in [0.2, 0.25) is 0 Å². The lowest BCUT2D eigenvalue weighted by Gasteiger charge is -2.22. The summed E-state index contributed by atoms with van der Waals surface area (Å²) < 4.78 is 50.0. The number of hydrogen-bond acceptors (Lipinski definition) is 8. The van der Waals surface area contributed by atoms with E-state index in [0.29, 0.717) is 43.4 Å². The summed E-state index contributed by atoms with van der Waals surface area (Å²) in [5.41, 5.74) is 14.3. The topological polar surface area (TPSA) is 75.6 Å². The molecule has 0 atom stereocenters. The van der Waals surface area contributed by atoms with E-state index in [9.17, 15) is 4.55 Å². The summed E-state index contributed by atoms with van der Waals surface area (Å²) in [6.07, 6.45) is 3.50. The Kier molecular flexibility index (Phi) is 12.1. The van der Waals surface area contributed by atoms with Gasteiger partial charge in [0.05, 0.1) is 28.4 Å². The second kappa shape index (κ2) is 18.3. The van der Waals surface area contributed by atoms with Crippen molar-refractivity contribution < 1.29 is 33.0 Å². The highest BCUT2D eigenvalue weighted by molar-refractivity contribution is 7.93. The van der Waals surface area contributed by atoms with E-state index in [0.717, 1.165) is 124 Å². The van der Waals surface area contributed by atoms with Crippen LogP contribution in [0.1, 0.15) is 77.9 Å². The fraction of sp³-hybridized carbons (Fsp3) is 0.222. The fourth-order valence-electron chi connectivity index (χ4n) is 9.43. The number of para-hydroxylation sites is 6. The summed E-state index contributed by atoms with van der Waals surface area (Å²) in [7, 11) is 6.99. The Morgan fingerprint density at radius 1 is 0.339 bits per heavy atom. The molecule has 62 heavy (non-hydrogen) atoms. The highest BCUT2D eigenvalue weighted by atomic mass is 32.2. The first kappa shape index (κ1) is 41.0. The molecule has 0 aliphatic carbocycles. The Bertz CT molecular complexity index is 2430. The molecule has 0 radical (unpaired) electrons. The minimum Gasteiger partial charge on any atom is -0.496 e. The predicted molar refractivity (Wildman–Crippen MR) is 245 cm³/mol. The van der Waals surface area contributed by atoms with Gasteiger partial charge in [0.1, 0.15) is 47.7 Å². The lowest BCUT2D eigenvalue weighted by Crippen LogP contribution is -2.09. The Hall–Kier alpha value is -6.35. The maximum atomic E-state index is 10.9. The molecule has 314 valence electrons. The average Bonchev–Trinajstić information content (AvgIpc) is 3.28. The molecule has 7 aromatic rings. The Morgan fingerprint density at radius 3 is 0.774 bits per heavy atom. The van der Waals surface area contributed by atoms with Crippen LogP contribution < -0.4 is 28.4 Å². The van der Waals surface area contributed by atoms with E-state index in [1.54, 1.807) is 28.4 Å². The predicted octanol–water partition coefficient (Wildman–Crippen LogP) is 11.6. The molecule has 2 aliphatic rings. The zero-order chi connectivity index (χ0) is 42.6. The zero-order valence-corrected chi connectivity index (χ0v) is 36.4. The highest BCUT2D eigenvalue weighted by Crippen LogP contribution is 2.41. The van der Waals surface area contributed by atoms with Crippen molar-refractivity contribution in [3.8, 4) is 34.5 Å². The van der Waals surface area contributed by atoms with Crippen LogP contribution in [0.5, 0.6) is 34.5 Å². The number of rotatable bonds is 5. The van der Waals surface area contributed by atoms with Gasteiger partial charge in [-0.2, -0.15) is 0 Å². The number of methoxy groups -OCH3 is 4. The van der Waals surface area contributed by atoms with E-state index < -0.39 is 0 Å². The molecule has 2 aliphatic heterocycles. The van der Waals surface area contributed by atoms with E-state index in [1.807, 2.05) is 18.2 Å². The molecule has 2 heterocycles. The van der Waals surface area contributed by atoms with Gasteiger partial charge >= 0.3 is 0 Å². The van der Waals surface area contributed by atoms with Crippen molar-refractivity contribution in [1.82, 2.24) is 0 Å². The minimum atomic E-state index is 0.236. The molecule has 0 saturated carbocycles. The van der Waals surface area contributed by atoms with Crippen LogP contribution in [0.15, 0.2) is 132 Å². The van der Waals surface area contributed by atoms with Crippen molar-refractivity contribution in [3.05, 3.63) is 205 Å². The molecular weight excluding hydrogens is 793 g/mol. The quantitative estimate of drug-likeness (QED) is 0.172. The first-order chi connectivity index (χ1) is 30.5. The van der Waals surface area contributed by atoms with Gasteiger partial charge in [0.15, 0.2) is 0 Å². The van der Waals surface area contributed by atoms with Crippen LogP contribution in [0.2, 0.25) is 0 Å². The molecule has 12 bridgehead atoms. The fourth-order valence-corrected chi connectivity index (χ4v) is 9.92. The monoisotopic (exact) mass is 842 g/mol. The van der Waals surface area contributed by atoms with Gasteiger partial charge in [-0.3, -0.25) is 0 Å². The lowest BCUT2D eigenvalue weighted by atomic mass is 9.91. The standard InChI is InChI=1S/C54H50O7S/c1-56-48-34-12-5-16-38(48)28-42-20-9-21-43-30-40-18-7-14-36(50(40)58-3)27-37-15-8-19-41(51(37)59-4)31-45-23-10-22-44(29-39-17-6-13-35(26-34)49(39)57-2)53(45)61-33-47-25-11-24-46(54(47)62-55)32-60-52(42)43/h5-25,55H,26-33H2,1-4H3. The van der Waals surface area contributed by atoms with Gasteiger partial charge in [0, 0.05) is 66.6 Å². The van der Waals surface area contributed by atoms with E-state index in [4.69, 9.17) is 28.4 Å². The van der Waals surface area contributed by atoms with Crippen molar-refractivity contribution in [2.45, 2.75) is 56.6 Å². The molecule has 0 aromatic heterocycles. The van der Waals surface area contributed by atoms with Crippen molar-refractivity contribution in [2.24, 2.45) is 0 Å². The normalized spacial score (nSPS) is 13.4. The number of fused-ring (bicyclic) bond motifs is 10. The smallest absolute Gasteiger partial charge is 0.126 e. The van der Waals surface area contributed by atoms with Gasteiger partial charge in [-0.05, 0) is 66.8 Å². The molecule has 0 amide bonds. The zero-order valence-electron chi connectivity index (χ0n) is 35.6. The van der Waals surface area contributed by atoms with Crippen LogP contribution in [0.3, 0.4) is 0 Å². The average molecular weight is 843 g/mol. The number of ether oxygens (including phenoxy) is 6. The van der Waals surface area contributed by atoms with Crippen molar-refractivity contribution in [2.75, 3.05) is 28.4 Å². The Morgan fingerprint density at radius 2 is 0.548 bits per heavy atom. The summed E-state index contributed by atoms with van der Waals surface area (Å²) in [4.78, 5) is 0.710. The van der Waals surface area contributed by atoms with E-state index in [-0.39, 0.29) is 13.2 Å². The molecule has 7 aromatic carbocycles. The highest BCUT2D eigenvalue weighted by Gasteiger charge is 2.23. The lowest BCUT2D eigenvalue weighted by molar-refractivity contribution is 0.288. The maximum absolute atomic E-state index is 10.9. The molecule has 7 nitrogen and oxygen atoms in total. The van der Waals surface area contributed by atoms with Crippen LogP contribution in [-0.2, 0) is 51.7 Å². The van der Waals surface area contributed by atoms with Crippen molar-refractivity contribution in [3.63, 3.8) is 0 Å². The van der Waals surface area contributed by atoms with Crippen LogP contribution in [0, 0.1) is 0 Å². The summed E-state index contributed by atoms with van der Waals surface area (Å²) in [5, 5.41) is 0. The van der Waals surface area contributed by atoms with Gasteiger partial charge < -0.3 is 33.0 Å². The summed E-state index contributed by atoms with van der Waals surface area (Å²) in [6.45, 7) is 0.472. The summed E-state index contributed by atoms with van der Waals surface area (Å²) >= 11 is 0.729. The van der Waals surface area contributed by atoms with Gasteiger partial charge in [-0.1, -0.05) is 127 Å². The molecule has 9 rings (SSSR count). The van der Waals surface area contributed by atoms with Crippen LogP contribution in [0.4, 0.5) is 0 Å². The minimum absolute atomic E-state index is 0.236. The molecule has 0 saturated heterocycles. The Balaban J connectivity index is 1.33. The van der Waals surface area contributed by atoms with Gasteiger partial charge in [-0.15, -0.1) is 0 Å². The van der Waals surface area contributed by atoms with Crippen LogP contribution in [0.25, 0.3) is 0 Å². The van der Waals surface area contributed by atoms with E-state index >= 15 is 0 Å². The molecule has 0 fully saturated rings. The molecule has 0 spiro atoms. The largest absolute Gasteiger partial charge is 0.496 e. The van der Waals surface area contributed by atoms with Crippen LogP contribution in [-0.4, -0.2) is 33.0 Å². The molecule has 8 heteroatoms. The van der Waals surface area contributed by atoms with Crippen molar-refractivity contribution in [1.29, 1.82) is 0 Å².